The van der Waals surface area contributed by atoms with Crippen molar-refractivity contribution >= 4 is 46.8 Å². The first-order chi connectivity index (χ1) is 28.2. The number of carbonyl (C=O) groups is 6. The van der Waals surface area contributed by atoms with Crippen LogP contribution < -0.4 is 0 Å². The molecular weight excluding hydrogens is 816 g/mol. The van der Waals surface area contributed by atoms with Crippen LogP contribution in [-0.2, 0) is 38.0 Å². The highest BCUT2D eigenvalue weighted by atomic mass is 32.2. The third-order valence-corrected chi connectivity index (χ3v) is 14.4. The van der Waals surface area contributed by atoms with E-state index in [4.69, 9.17) is 23.7 Å². The molecule has 0 spiro atoms. The maximum Gasteiger partial charge on any atom is 0.337 e. The Morgan fingerprint density at radius 3 is 1.72 bits per heavy atom. The number of aliphatic hydroxyl groups excluding tert-OH is 3. The van der Waals surface area contributed by atoms with Crippen LogP contribution in [0.3, 0.4) is 0 Å². The molecule has 3 fully saturated rings. The molecule has 60 heavy (non-hydrogen) atoms. The van der Waals surface area contributed by atoms with E-state index in [-0.39, 0.29) is 17.5 Å². The molecule has 2 aromatic carbocycles. The molecule has 3 heterocycles. The molecular formula is C40H44O19S. The van der Waals surface area contributed by atoms with Crippen LogP contribution in [0.4, 0.5) is 0 Å². The minimum atomic E-state index is -2.94. The SMILES string of the molecule is COC(=O)C[C@@H]1C[C@@]2(S[C@]34C[C@H](CCO[C@H]5O[C@@H](C(=O)OC)[C@H](O)[C@@H](O)[C@@H]5O)O[C@@H](C)[C@@]3(O)C(=O)c3c(O)cccc3C4=O)C(=O)c3cccc(O)c3C(=O)[C@@]2(O)[C@@H](C)O1. The minimum Gasteiger partial charge on any atom is -0.507 e. The lowest BCUT2D eigenvalue weighted by molar-refractivity contribution is -0.296. The Morgan fingerprint density at radius 1 is 0.717 bits per heavy atom. The van der Waals surface area contributed by atoms with Crippen LogP contribution in [0.1, 0.15) is 81.0 Å². The van der Waals surface area contributed by atoms with Crippen LogP contribution in [0.15, 0.2) is 36.4 Å². The molecule has 5 aliphatic rings. The molecule has 324 valence electrons. The van der Waals surface area contributed by atoms with Gasteiger partial charge in [0.05, 0.1) is 62.8 Å². The summed E-state index contributed by atoms with van der Waals surface area (Å²) >= 11 is 0.349. The van der Waals surface area contributed by atoms with Gasteiger partial charge in [-0.25, -0.2) is 4.79 Å². The highest BCUT2D eigenvalue weighted by Crippen LogP contribution is 2.64. The number of thioether (sulfide) groups is 1. The molecule has 3 saturated heterocycles. The smallest absolute Gasteiger partial charge is 0.337 e. The molecule has 2 aliphatic carbocycles. The molecule has 20 heteroatoms. The number of esters is 2. The number of methoxy groups -OCH3 is 2. The van der Waals surface area contributed by atoms with Gasteiger partial charge < -0.3 is 64.2 Å². The van der Waals surface area contributed by atoms with Crippen LogP contribution in [0, 0.1) is 0 Å². The first kappa shape index (κ1) is 43.7. The zero-order valence-electron chi connectivity index (χ0n) is 32.6. The molecule has 7 rings (SSSR count). The first-order valence-electron chi connectivity index (χ1n) is 19.0. The lowest BCUT2D eigenvalue weighted by Gasteiger charge is -2.61. The fourth-order valence-electron chi connectivity index (χ4n) is 9.30. The molecule has 13 atom stereocenters. The first-order valence-corrected chi connectivity index (χ1v) is 19.8. The number of rotatable bonds is 9. The zero-order valence-corrected chi connectivity index (χ0v) is 33.5. The molecule has 0 unspecified atom stereocenters. The minimum absolute atomic E-state index is 0.226. The van der Waals surface area contributed by atoms with Crippen molar-refractivity contribution in [1.82, 2.24) is 0 Å². The van der Waals surface area contributed by atoms with Crippen LogP contribution in [-0.4, -0.2) is 167 Å². The Morgan fingerprint density at radius 2 is 1.22 bits per heavy atom. The van der Waals surface area contributed by atoms with Crippen molar-refractivity contribution in [3.63, 3.8) is 0 Å². The van der Waals surface area contributed by atoms with E-state index in [1.54, 1.807) is 0 Å². The van der Waals surface area contributed by atoms with Gasteiger partial charge in [0.1, 0.15) is 39.3 Å². The van der Waals surface area contributed by atoms with Gasteiger partial charge in [-0.3, -0.25) is 24.0 Å². The van der Waals surface area contributed by atoms with E-state index in [2.05, 4.69) is 4.74 Å². The average Bonchev–Trinajstić information content (AvgIpc) is 3.21. The van der Waals surface area contributed by atoms with E-state index in [0.29, 0.717) is 11.8 Å². The number of hydrogen-bond acceptors (Lipinski definition) is 20. The van der Waals surface area contributed by atoms with Gasteiger partial charge in [-0.2, -0.15) is 0 Å². The number of phenols is 2. The van der Waals surface area contributed by atoms with Gasteiger partial charge in [-0.1, -0.05) is 24.3 Å². The van der Waals surface area contributed by atoms with E-state index in [9.17, 15) is 54.9 Å². The number of aromatic hydroxyl groups is 2. The second kappa shape index (κ2) is 15.5. The Labute approximate surface area is 345 Å². The summed E-state index contributed by atoms with van der Waals surface area (Å²) in [4.78, 5) is 84.9. The van der Waals surface area contributed by atoms with Crippen molar-refractivity contribution in [3.8, 4) is 11.5 Å². The monoisotopic (exact) mass is 860 g/mol. The number of benzene rings is 2. The lowest BCUT2D eigenvalue weighted by Crippen LogP contribution is -2.79. The average molecular weight is 861 g/mol. The van der Waals surface area contributed by atoms with Crippen LogP contribution in [0.2, 0.25) is 0 Å². The second-order valence-corrected chi connectivity index (χ2v) is 17.2. The molecule has 7 N–H and O–H groups in total. The number of carbonyl (C=O) groups excluding carboxylic acids is 6. The van der Waals surface area contributed by atoms with Crippen molar-refractivity contribution in [2.24, 2.45) is 0 Å². The number of Topliss-reactive ketones (excluding diaryl/α,β-unsaturated/α-hetero) is 4. The Bertz CT molecular complexity index is 2140. The molecule has 0 amide bonds. The van der Waals surface area contributed by atoms with Crippen molar-refractivity contribution in [2.75, 3.05) is 20.8 Å². The maximum absolute atomic E-state index is 15.3. The zero-order chi connectivity index (χ0) is 43.9. The number of ether oxygens (including phenoxy) is 6. The van der Waals surface area contributed by atoms with Crippen LogP contribution in [0.5, 0.6) is 11.5 Å². The molecule has 0 saturated carbocycles. The fraction of sp³-hybridized carbons (Fsp3) is 0.550. The summed E-state index contributed by atoms with van der Waals surface area (Å²) in [5, 5.41) is 78.9. The lowest BCUT2D eigenvalue weighted by atomic mass is 9.63. The highest BCUT2D eigenvalue weighted by Gasteiger charge is 2.78. The third-order valence-electron chi connectivity index (χ3n) is 12.4. The largest absolute Gasteiger partial charge is 0.507 e. The van der Waals surface area contributed by atoms with Crippen molar-refractivity contribution in [3.05, 3.63) is 58.7 Å². The molecule has 0 bridgehead atoms. The van der Waals surface area contributed by atoms with Gasteiger partial charge >= 0.3 is 11.9 Å². The third kappa shape index (κ3) is 6.14. The van der Waals surface area contributed by atoms with Crippen LogP contribution >= 0.6 is 11.8 Å². The summed E-state index contributed by atoms with van der Waals surface area (Å²) in [6.45, 7) is 2.11. The number of ketones is 4. The standard InChI is InChI=1S/C40H44O19S/c1-16-39(52)33(49)25-20(7-5-9-22(25)41)31(47)37(39,14-18(57-16)11-12-56-36-29(46)27(44)28(45)30(59-36)35(51)55-4)60-38-15-19(13-24(43)54-3)58-17(2)40(38,53)34(50)26-21(32(38)48)8-6-10-23(26)42/h5-10,16-19,27-30,36,41-42,44-46,52-53H,11-15H2,1-4H3/t16-,17+,18-,19+,27+,28+,29-,30+,36-,37-,38+,39+,40-/m0/s1. The Hall–Kier alpha value is -4.35. The molecule has 2 aromatic rings. The van der Waals surface area contributed by atoms with Crippen molar-refractivity contribution in [1.29, 1.82) is 0 Å². The second-order valence-electron chi connectivity index (χ2n) is 15.6. The normalized spacial score (nSPS) is 38.6. The molecule has 19 nitrogen and oxygen atoms in total. The maximum atomic E-state index is 15.3. The van der Waals surface area contributed by atoms with Crippen molar-refractivity contribution < 1.29 is 92.9 Å². The van der Waals surface area contributed by atoms with E-state index < -0.39 is 159 Å². The van der Waals surface area contributed by atoms with Gasteiger partial charge in [-0.05, 0) is 45.2 Å². The van der Waals surface area contributed by atoms with Gasteiger partial charge in [0.15, 0.2) is 35.2 Å². The van der Waals surface area contributed by atoms with Crippen molar-refractivity contribution in [2.45, 2.75) is 115 Å². The summed E-state index contributed by atoms with van der Waals surface area (Å²) in [5.41, 5.74) is -7.66. The van der Waals surface area contributed by atoms with E-state index >= 15 is 9.59 Å². The molecule has 0 radical (unpaired) electrons. The Balaban J connectivity index is 1.35. The van der Waals surface area contributed by atoms with E-state index in [1.807, 2.05) is 0 Å². The van der Waals surface area contributed by atoms with E-state index in [1.165, 1.54) is 38.1 Å². The topological polar surface area (TPSA) is 299 Å². The van der Waals surface area contributed by atoms with Gasteiger partial charge in [0, 0.05) is 11.1 Å². The molecule has 0 aromatic heterocycles. The summed E-state index contributed by atoms with van der Waals surface area (Å²) in [5.74, 6) is -7.49. The summed E-state index contributed by atoms with van der Waals surface area (Å²) in [7, 11) is 2.12. The van der Waals surface area contributed by atoms with Gasteiger partial charge in [0.2, 0.25) is 11.6 Å². The number of aliphatic hydroxyl groups is 5. The highest BCUT2D eigenvalue weighted by molar-refractivity contribution is 8.03. The number of hydrogen-bond donors (Lipinski definition) is 7. The van der Waals surface area contributed by atoms with E-state index in [0.717, 1.165) is 26.4 Å². The predicted octanol–water partition coefficient (Wildman–Crippen LogP) is -0.466. The summed E-state index contributed by atoms with van der Waals surface area (Å²) < 4.78 is 27.6. The summed E-state index contributed by atoms with van der Waals surface area (Å²) in [6, 6.07) is 7.29. The summed E-state index contributed by atoms with van der Waals surface area (Å²) in [6.07, 6.45) is -16.8. The quantitative estimate of drug-likeness (QED) is 0.157. The van der Waals surface area contributed by atoms with Gasteiger partial charge in [-0.15, -0.1) is 11.8 Å². The fourth-order valence-corrected chi connectivity index (χ4v) is 11.7. The number of fused-ring (bicyclic) bond motifs is 4. The predicted molar refractivity (Wildman–Crippen MR) is 200 cm³/mol. The molecule has 3 aliphatic heterocycles. The van der Waals surface area contributed by atoms with Crippen LogP contribution in [0.25, 0.3) is 0 Å². The Kier molecular flexibility index (Phi) is 11.3. The van der Waals surface area contributed by atoms with Gasteiger partial charge in [0.25, 0.3) is 0 Å². The number of phenolic OH excluding ortho intramolecular Hbond substituents is 2.